The monoisotopic (exact) mass is 268 g/mol. The number of benzene rings is 2. The second-order valence-corrected chi connectivity index (χ2v) is 4.29. The van der Waals surface area contributed by atoms with Gasteiger partial charge < -0.3 is 9.47 Å². The van der Waals surface area contributed by atoms with Gasteiger partial charge in [-0.05, 0) is 37.1 Å². The molecule has 0 aromatic heterocycles. The summed E-state index contributed by atoms with van der Waals surface area (Å²) in [5, 5.41) is 0. The van der Waals surface area contributed by atoms with Crippen LogP contribution in [0.25, 0.3) is 17.2 Å². The van der Waals surface area contributed by atoms with Gasteiger partial charge in [-0.25, -0.2) is 0 Å². The van der Waals surface area contributed by atoms with Gasteiger partial charge in [-0.2, -0.15) is 0 Å². The first-order valence-corrected chi connectivity index (χ1v) is 6.92. The Kier molecular flexibility index (Phi) is 4.83. The van der Waals surface area contributed by atoms with Gasteiger partial charge in [0.1, 0.15) is 0 Å². The van der Waals surface area contributed by atoms with Crippen LogP contribution in [-0.2, 0) is 0 Å². The lowest BCUT2D eigenvalue weighted by Gasteiger charge is -2.17. The maximum absolute atomic E-state index is 5.78. The highest BCUT2D eigenvalue weighted by Crippen LogP contribution is 2.39. The van der Waals surface area contributed by atoms with Crippen molar-refractivity contribution < 1.29 is 9.47 Å². The van der Waals surface area contributed by atoms with Crippen LogP contribution in [0.1, 0.15) is 19.4 Å². The van der Waals surface area contributed by atoms with Crippen molar-refractivity contribution in [3.63, 3.8) is 0 Å². The highest BCUT2D eigenvalue weighted by Gasteiger charge is 2.14. The smallest absolute Gasteiger partial charge is 0.168 e. The van der Waals surface area contributed by atoms with Gasteiger partial charge in [-0.3, -0.25) is 0 Å². The van der Waals surface area contributed by atoms with E-state index in [2.05, 4.69) is 24.8 Å². The molecule has 2 aromatic rings. The zero-order chi connectivity index (χ0) is 14.4. The molecule has 2 aromatic carbocycles. The molecule has 2 heteroatoms. The quantitative estimate of drug-likeness (QED) is 0.749. The molecule has 0 radical (unpaired) electrons. The Bertz CT molecular complexity index is 573. The van der Waals surface area contributed by atoms with E-state index in [1.165, 1.54) is 0 Å². The van der Waals surface area contributed by atoms with Crippen molar-refractivity contribution in [3.8, 4) is 22.6 Å². The van der Waals surface area contributed by atoms with Crippen molar-refractivity contribution in [1.29, 1.82) is 0 Å². The summed E-state index contributed by atoms with van der Waals surface area (Å²) in [6.45, 7) is 9.07. The van der Waals surface area contributed by atoms with Crippen LogP contribution in [0.3, 0.4) is 0 Å². The third-order valence-corrected chi connectivity index (χ3v) is 3.04. The van der Waals surface area contributed by atoms with E-state index < -0.39 is 0 Å². The van der Waals surface area contributed by atoms with E-state index in [-0.39, 0.29) is 0 Å². The highest BCUT2D eigenvalue weighted by atomic mass is 16.5. The van der Waals surface area contributed by atoms with E-state index >= 15 is 0 Å². The molecule has 0 unspecified atom stereocenters. The summed E-state index contributed by atoms with van der Waals surface area (Å²) in [6, 6.07) is 14.2. The maximum Gasteiger partial charge on any atom is 0.168 e. The van der Waals surface area contributed by atoms with Gasteiger partial charge in [0, 0.05) is 5.56 Å². The van der Waals surface area contributed by atoms with Crippen LogP contribution in [0.5, 0.6) is 11.5 Å². The number of ether oxygens (including phenoxy) is 2. The van der Waals surface area contributed by atoms with Crippen molar-refractivity contribution in [2.45, 2.75) is 13.8 Å². The predicted molar refractivity (Wildman–Crippen MR) is 84.3 cm³/mol. The van der Waals surface area contributed by atoms with Crippen molar-refractivity contribution in [3.05, 3.63) is 54.6 Å². The molecule has 0 saturated carbocycles. The molecule has 0 spiro atoms. The van der Waals surface area contributed by atoms with Gasteiger partial charge in [0.05, 0.1) is 13.2 Å². The average Bonchev–Trinajstić information content (AvgIpc) is 2.50. The van der Waals surface area contributed by atoms with Gasteiger partial charge in [0.2, 0.25) is 0 Å². The standard InChI is InChI=1S/C18H20O2/c1-4-15-16(14-10-8-7-9-11-14)12-13-17(19-5-2)18(15)20-6-3/h4,7-13H,1,5-6H2,2-3H3. The molecule has 0 aliphatic carbocycles. The Labute approximate surface area is 120 Å². The molecule has 0 aliphatic heterocycles. The predicted octanol–water partition coefficient (Wildman–Crippen LogP) is 4.79. The summed E-state index contributed by atoms with van der Waals surface area (Å²) in [6.07, 6.45) is 1.83. The van der Waals surface area contributed by atoms with Gasteiger partial charge >= 0.3 is 0 Å². The molecule has 0 saturated heterocycles. The molecule has 20 heavy (non-hydrogen) atoms. The second kappa shape index (κ2) is 6.80. The molecule has 2 rings (SSSR count). The van der Waals surface area contributed by atoms with Gasteiger partial charge in [-0.1, -0.05) is 43.0 Å². The first kappa shape index (κ1) is 14.2. The van der Waals surface area contributed by atoms with Crippen LogP contribution in [-0.4, -0.2) is 13.2 Å². The number of hydrogen-bond acceptors (Lipinski definition) is 2. The summed E-state index contributed by atoms with van der Waals surface area (Å²) in [5.74, 6) is 1.54. The lowest BCUT2D eigenvalue weighted by Crippen LogP contribution is -2.01. The lowest BCUT2D eigenvalue weighted by molar-refractivity contribution is 0.287. The fourth-order valence-electron chi connectivity index (χ4n) is 2.21. The number of rotatable bonds is 6. The maximum atomic E-state index is 5.78. The number of hydrogen-bond donors (Lipinski definition) is 0. The summed E-state index contributed by atoms with van der Waals surface area (Å²) in [4.78, 5) is 0. The molecule has 0 atom stereocenters. The van der Waals surface area contributed by atoms with Crippen molar-refractivity contribution >= 4 is 6.08 Å². The molecular formula is C18H20O2. The van der Waals surface area contributed by atoms with Gasteiger partial charge in [0.15, 0.2) is 11.5 Å². The molecule has 0 heterocycles. The van der Waals surface area contributed by atoms with Crippen LogP contribution in [0.15, 0.2) is 49.0 Å². The van der Waals surface area contributed by atoms with E-state index in [4.69, 9.17) is 9.47 Å². The van der Waals surface area contributed by atoms with Crippen molar-refractivity contribution in [1.82, 2.24) is 0 Å². The van der Waals surface area contributed by atoms with E-state index in [0.717, 1.165) is 28.2 Å². The first-order valence-electron chi connectivity index (χ1n) is 6.92. The fraction of sp³-hybridized carbons (Fsp3) is 0.222. The lowest BCUT2D eigenvalue weighted by atomic mass is 9.98. The molecule has 104 valence electrons. The normalized spacial score (nSPS) is 10.1. The fourth-order valence-corrected chi connectivity index (χ4v) is 2.21. The molecule has 0 bridgehead atoms. The summed E-state index contributed by atoms with van der Waals surface area (Å²) >= 11 is 0. The average molecular weight is 268 g/mol. The summed E-state index contributed by atoms with van der Waals surface area (Å²) in [7, 11) is 0. The van der Waals surface area contributed by atoms with Crippen LogP contribution >= 0.6 is 0 Å². The highest BCUT2D eigenvalue weighted by molar-refractivity contribution is 5.80. The Hall–Kier alpha value is -2.22. The third kappa shape index (κ3) is 2.85. The minimum absolute atomic E-state index is 0.596. The summed E-state index contributed by atoms with van der Waals surface area (Å²) in [5.41, 5.74) is 3.22. The Morgan fingerprint density at radius 2 is 1.65 bits per heavy atom. The van der Waals surface area contributed by atoms with Crippen molar-refractivity contribution in [2.75, 3.05) is 13.2 Å². The van der Waals surface area contributed by atoms with E-state index in [1.807, 2.05) is 44.2 Å². The summed E-state index contributed by atoms with van der Waals surface area (Å²) < 4.78 is 11.4. The van der Waals surface area contributed by atoms with E-state index in [9.17, 15) is 0 Å². The Balaban J connectivity index is 2.59. The molecule has 0 amide bonds. The van der Waals surface area contributed by atoms with Gasteiger partial charge in [0.25, 0.3) is 0 Å². The molecule has 0 N–H and O–H groups in total. The minimum atomic E-state index is 0.596. The van der Waals surface area contributed by atoms with Crippen molar-refractivity contribution in [2.24, 2.45) is 0 Å². The minimum Gasteiger partial charge on any atom is -0.490 e. The van der Waals surface area contributed by atoms with Crippen LogP contribution in [0.2, 0.25) is 0 Å². The zero-order valence-corrected chi connectivity index (χ0v) is 12.1. The molecule has 2 nitrogen and oxygen atoms in total. The molecule has 0 aliphatic rings. The Morgan fingerprint density at radius 3 is 2.25 bits per heavy atom. The van der Waals surface area contributed by atoms with Crippen LogP contribution in [0, 0.1) is 0 Å². The van der Waals surface area contributed by atoms with Crippen LogP contribution < -0.4 is 9.47 Å². The first-order chi connectivity index (χ1) is 9.81. The largest absolute Gasteiger partial charge is 0.490 e. The van der Waals surface area contributed by atoms with Gasteiger partial charge in [-0.15, -0.1) is 0 Å². The SMILES string of the molecule is C=Cc1c(-c2ccccc2)ccc(OCC)c1OCC. The third-order valence-electron chi connectivity index (χ3n) is 3.04. The Morgan fingerprint density at radius 1 is 0.950 bits per heavy atom. The van der Waals surface area contributed by atoms with E-state index in [1.54, 1.807) is 0 Å². The molecular weight excluding hydrogens is 248 g/mol. The zero-order valence-electron chi connectivity index (χ0n) is 12.1. The second-order valence-electron chi connectivity index (χ2n) is 4.29. The van der Waals surface area contributed by atoms with Crippen LogP contribution in [0.4, 0.5) is 0 Å². The van der Waals surface area contributed by atoms with E-state index in [0.29, 0.717) is 13.2 Å². The topological polar surface area (TPSA) is 18.5 Å². The molecule has 0 fully saturated rings.